The average molecular weight is 551 g/mol. The van der Waals surface area contributed by atoms with Gasteiger partial charge in [-0.25, -0.2) is 9.67 Å². The lowest BCUT2D eigenvalue weighted by Crippen LogP contribution is -2.29. The highest BCUT2D eigenvalue weighted by Gasteiger charge is 2.18. The fourth-order valence-corrected chi connectivity index (χ4v) is 4.11. The zero-order chi connectivity index (χ0) is 28.1. The number of nitrogens with zero attached hydrogens (tertiary/aromatic N) is 6. The number of nitrogens with one attached hydrogen (secondary N) is 2. The van der Waals surface area contributed by atoms with E-state index in [2.05, 4.69) is 37.2 Å². The van der Waals surface area contributed by atoms with Gasteiger partial charge in [0, 0.05) is 43.5 Å². The number of aromatic nitrogens is 4. The average Bonchev–Trinajstić information content (AvgIpc) is 3.29. The van der Waals surface area contributed by atoms with Crippen molar-refractivity contribution in [3.63, 3.8) is 0 Å². The van der Waals surface area contributed by atoms with E-state index in [1.54, 1.807) is 49.4 Å². The number of ether oxygens (including phenoxy) is 2. The first kappa shape index (κ1) is 27.7. The molecule has 4 rings (SSSR count). The molecule has 0 saturated heterocycles. The van der Waals surface area contributed by atoms with Gasteiger partial charge in [-0.15, -0.1) is 5.10 Å². The van der Waals surface area contributed by atoms with Crippen molar-refractivity contribution >= 4 is 51.4 Å². The zero-order valence-corrected chi connectivity index (χ0v) is 23.3. The van der Waals surface area contributed by atoms with Crippen LogP contribution >= 0.6 is 11.6 Å². The van der Waals surface area contributed by atoms with Crippen molar-refractivity contribution in [1.82, 2.24) is 24.6 Å². The van der Waals surface area contributed by atoms with Crippen LogP contribution in [0, 0.1) is 0 Å². The van der Waals surface area contributed by atoms with E-state index in [4.69, 9.17) is 21.1 Å². The summed E-state index contributed by atoms with van der Waals surface area (Å²) in [6.07, 6.45) is 2.85. The maximum Gasteiger partial charge on any atom is 0.247 e. The maximum atomic E-state index is 12.2. The fourth-order valence-electron chi connectivity index (χ4n) is 3.94. The van der Waals surface area contributed by atoms with Crippen LogP contribution in [0.1, 0.15) is 0 Å². The Morgan fingerprint density at radius 3 is 2.59 bits per heavy atom. The molecule has 2 aromatic heterocycles. The first-order valence-corrected chi connectivity index (χ1v) is 12.5. The molecule has 2 N–H and O–H groups in total. The summed E-state index contributed by atoms with van der Waals surface area (Å²) in [5.41, 5.74) is 2.71. The molecule has 0 aliphatic carbocycles. The molecule has 39 heavy (non-hydrogen) atoms. The second-order valence-electron chi connectivity index (χ2n) is 8.93. The highest BCUT2D eigenvalue weighted by Crippen LogP contribution is 2.38. The van der Waals surface area contributed by atoms with Gasteiger partial charge in [0.25, 0.3) is 0 Å². The van der Waals surface area contributed by atoms with E-state index in [0.717, 1.165) is 29.7 Å². The van der Waals surface area contributed by atoms with Crippen molar-refractivity contribution < 1.29 is 14.3 Å². The summed E-state index contributed by atoms with van der Waals surface area (Å²) in [5.74, 6) is 1.47. The van der Waals surface area contributed by atoms with Crippen LogP contribution in [0.5, 0.6) is 11.6 Å². The predicted molar refractivity (Wildman–Crippen MR) is 155 cm³/mol. The topological polar surface area (TPSA) is 110 Å². The third kappa shape index (κ3) is 6.21. The van der Waals surface area contributed by atoms with Gasteiger partial charge in [-0.1, -0.05) is 18.2 Å². The molecule has 2 aromatic carbocycles. The molecule has 0 bridgehead atoms. The number of likely N-dealkylation sites (N-methyl/N-ethyl adjacent to an activating group) is 2. The minimum Gasteiger partial charge on any atom is -0.494 e. The summed E-state index contributed by atoms with van der Waals surface area (Å²) in [6.45, 7) is 5.13. The van der Waals surface area contributed by atoms with Crippen LogP contribution in [0.4, 0.5) is 23.0 Å². The minimum atomic E-state index is -0.328. The summed E-state index contributed by atoms with van der Waals surface area (Å²) < 4.78 is 12.8. The number of carbonyl (C=O) groups is 1. The molecule has 0 fully saturated rings. The summed E-state index contributed by atoms with van der Waals surface area (Å²) in [5, 5.41) is 12.0. The van der Waals surface area contributed by atoms with Crippen LogP contribution in [0.15, 0.2) is 55.3 Å². The van der Waals surface area contributed by atoms with E-state index in [-0.39, 0.29) is 5.91 Å². The Morgan fingerprint density at radius 1 is 1.10 bits per heavy atom. The molecule has 204 valence electrons. The second kappa shape index (κ2) is 12.0. The van der Waals surface area contributed by atoms with Crippen molar-refractivity contribution in [3.8, 4) is 17.4 Å². The van der Waals surface area contributed by atoms with Crippen molar-refractivity contribution in [1.29, 1.82) is 0 Å². The van der Waals surface area contributed by atoms with Gasteiger partial charge in [-0.3, -0.25) is 4.79 Å². The largest absolute Gasteiger partial charge is 0.494 e. The minimum absolute atomic E-state index is 0.303. The van der Waals surface area contributed by atoms with Gasteiger partial charge >= 0.3 is 0 Å². The number of fused-ring (bicyclic) bond motifs is 1. The van der Waals surface area contributed by atoms with E-state index in [1.165, 1.54) is 6.08 Å². The fraction of sp³-hybridized carbons (Fsp3) is 0.259. The number of rotatable bonds is 11. The third-order valence-corrected chi connectivity index (χ3v) is 6.20. The molecule has 2 heterocycles. The lowest BCUT2D eigenvalue weighted by molar-refractivity contribution is -0.111. The van der Waals surface area contributed by atoms with Crippen LogP contribution < -0.4 is 25.0 Å². The molecular weight excluding hydrogens is 520 g/mol. The quantitative estimate of drug-likeness (QED) is 0.263. The maximum absolute atomic E-state index is 12.2. The number of hydrogen-bond donors (Lipinski definition) is 2. The van der Waals surface area contributed by atoms with Gasteiger partial charge in [0.05, 0.1) is 42.2 Å². The normalized spacial score (nSPS) is 10.9. The zero-order valence-electron chi connectivity index (χ0n) is 22.5. The van der Waals surface area contributed by atoms with E-state index < -0.39 is 0 Å². The number of methoxy groups -OCH3 is 2. The Morgan fingerprint density at radius 2 is 1.90 bits per heavy atom. The molecule has 0 spiro atoms. The molecule has 1 amide bonds. The molecule has 4 aromatic rings. The SMILES string of the molecule is C=CC(=O)Nc1cc(Nc2nccc(-n3nc(OC)c4cc(Cl)ccc43)n2)c(OC)cc1N(C)CCN(C)C. The lowest BCUT2D eigenvalue weighted by atomic mass is 10.2. The van der Waals surface area contributed by atoms with Crippen LogP contribution in [-0.4, -0.2) is 79.0 Å². The van der Waals surface area contributed by atoms with E-state index in [0.29, 0.717) is 39.8 Å². The predicted octanol–water partition coefficient (Wildman–Crippen LogP) is 4.35. The van der Waals surface area contributed by atoms with E-state index in [9.17, 15) is 4.79 Å². The Balaban J connectivity index is 1.72. The summed E-state index contributed by atoms with van der Waals surface area (Å²) in [6, 6.07) is 10.8. The summed E-state index contributed by atoms with van der Waals surface area (Å²) >= 11 is 6.19. The van der Waals surface area contributed by atoms with Gasteiger partial charge in [0.1, 0.15) is 5.75 Å². The molecule has 12 heteroatoms. The molecule has 0 atom stereocenters. The Hall–Kier alpha value is -4.35. The van der Waals surface area contributed by atoms with Crippen LogP contribution in [-0.2, 0) is 4.79 Å². The molecule has 0 aliphatic rings. The van der Waals surface area contributed by atoms with Gasteiger partial charge in [0.15, 0.2) is 5.82 Å². The number of benzene rings is 2. The number of halogens is 1. The molecule has 0 radical (unpaired) electrons. The number of carbonyl (C=O) groups excluding carboxylic acids is 1. The monoisotopic (exact) mass is 550 g/mol. The second-order valence-corrected chi connectivity index (χ2v) is 9.37. The first-order chi connectivity index (χ1) is 18.7. The Labute approximate surface area is 232 Å². The Bertz CT molecular complexity index is 1500. The van der Waals surface area contributed by atoms with Crippen molar-refractivity contribution in [2.75, 3.05) is 64.0 Å². The summed E-state index contributed by atoms with van der Waals surface area (Å²) in [7, 11) is 9.10. The van der Waals surface area contributed by atoms with Gasteiger partial charge in [-0.2, -0.15) is 4.98 Å². The smallest absolute Gasteiger partial charge is 0.247 e. The van der Waals surface area contributed by atoms with Crippen LogP contribution in [0.3, 0.4) is 0 Å². The van der Waals surface area contributed by atoms with Crippen molar-refractivity contribution in [3.05, 3.63) is 60.3 Å². The number of anilines is 4. The number of hydrogen-bond acceptors (Lipinski definition) is 9. The van der Waals surface area contributed by atoms with Gasteiger partial charge < -0.3 is 29.9 Å². The first-order valence-electron chi connectivity index (χ1n) is 12.1. The lowest BCUT2D eigenvalue weighted by Gasteiger charge is -2.26. The summed E-state index contributed by atoms with van der Waals surface area (Å²) in [4.78, 5) is 25.4. The van der Waals surface area contributed by atoms with Crippen LogP contribution in [0.2, 0.25) is 5.02 Å². The number of amides is 1. The molecular formula is C27H31ClN8O3. The molecule has 11 nitrogen and oxygen atoms in total. The Kier molecular flexibility index (Phi) is 8.52. The third-order valence-electron chi connectivity index (χ3n) is 5.96. The standard InChI is InChI=1S/C27H31ClN8O3/c1-7-25(37)30-19-15-20(23(38-5)16-22(19)35(4)13-12-34(2)3)31-27-29-11-10-24(32-27)36-21-9-8-17(28)14-18(21)26(33-36)39-6/h7-11,14-16H,1,12-13H2,2-6H3,(H,30,37)(H,29,31,32). The van der Waals surface area contributed by atoms with Gasteiger partial charge in [0.2, 0.25) is 17.7 Å². The van der Waals surface area contributed by atoms with Crippen LogP contribution in [0.25, 0.3) is 16.7 Å². The molecule has 0 aliphatic heterocycles. The molecule has 0 saturated carbocycles. The highest BCUT2D eigenvalue weighted by atomic mass is 35.5. The highest BCUT2D eigenvalue weighted by molar-refractivity contribution is 6.31. The van der Waals surface area contributed by atoms with E-state index >= 15 is 0 Å². The van der Waals surface area contributed by atoms with Gasteiger partial charge in [-0.05, 0) is 44.4 Å². The van der Waals surface area contributed by atoms with Crippen molar-refractivity contribution in [2.24, 2.45) is 0 Å². The van der Waals surface area contributed by atoms with Crippen molar-refractivity contribution in [2.45, 2.75) is 0 Å². The molecule has 0 unspecified atom stereocenters. The van der Waals surface area contributed by atoms with E-state index in [1.807, 2.05) is 38.2 Å².